The molecule has 6 nitrogen and oxygen atoms in total. The molecule has 112 valence electrons. The van der Waals surface area contributed by atoms with Crippen molar-refractivity contribution in [1.29, 1.82) is 0 Å². The Bertz CT molecular complexity index is 508. The van der Waals surface area contributed by atoms with Crippen LogP contribution in [0.25, 0.3) is 0 Å². The first-order chi connectivity index (χ1) is 9.23. The molecule has 0 spiro atoms. The Morgan fingerprint density at radius 1 is 1.30 bits per heavy atom. The molecule has 1 rings (SSSR count). The molecule has 0 saturated heterocycles. The highest BCUT2D eigenvalue weighted by Crippen LogP contribution is 2.17. The summed E-state index contributed by atoms with van der Waals surface area (Å²) in [5, 5.41) is 15.8. The predicted molar refractivity (Wildman–Crippen MR) is 75.4 cm³/mol. The number of hydrogen-bond donors (Lipinski definition) is 2. The summed E-state index contributed by atoms with van der Waals surface area (Å²) in [6.45, 7) is 7.48. The van der Waals surface area contributed by atoms with Crippen molar-refractivity contribution in [3.05, 3.63) is 17.0 Å². The zero-order valence-corrected chi connectivity index (χ0v) is 12.7. The maximum atomic E-state index is 12.0. The van der Waals surface area contributed by atoms with Gasteiger partial charge in [0.25, 0.3) is 0 Å². The number of rotatable bonds is 6. The van der Waals surface area contributed by atoms with Crippen LogP contribution in [-0.4, -0.2) is 33.3 Å². The quantitative estimate of drug-likeness (QED) is 0.816. The molecule has 1 heterocycles. The van der Waals surface area contributed by atoms with E-state index in [1.54, 1.807) is 6.92 Å². The summed E-state index contributed by atoms with van der Waals surface area (Å²) in [7, 11) is 1.88. The fourth-order valence-electron chi connectivity index (χ4n) is 2.03. The zero-order valence-electron chi connectivity index (χ0n) is 12.7. The fourth-order valence-corrected chi connectivity index (χ4v) is 2.03. The van der Waals surface area contributed by atoms with Crippen molar-refractivity contribution in [3.63, 3.8) is 0 Å². The number of carbonyl (C=O) groups excluding carboxylic acids is 1. The largest absolute Gasteiger partial charge is 0.481 e. The van der Waals surface area contributed by atoms with Crippen molar-refractivity contribution in [1.82, 2.24) is 15.1 Å². The Morgan fingerprint density at radius 3 is 2.35 bits per heavy atom. The molecule has 0 aliphatic rings. The average Bonchev–Trinajstić information content (AvgIpc) is 2.61. The number of hydrogen-bond acceptors (Lipinski definition) is 3. The van der Waals surface area contributed by atoms with Gasteiger partial charge in [-0.1, -0.05) is 13.8 Å². The maximum Gasteiger partial charge on any atom is 0.308 e. The normalized spacial score (nSPS) is 13.8. The van der Waals surface area contributed by atoms with Gasteiger partial charge in [-0.3, -0.25) is 14.3 Å². The number of amides is 1. The summed E-state index contributed by atoms with van der Waals surface area (Å²) in [6, 6.07) is 0. The summed E-state index contributed by atoms with van der Waals surface area (Å²) in [4.78, 5) is 22.7. The van der Waals surface area contributed by atoms with Crippen LogP contribution in [0.4, 0.5) is 0 Å². The Kier molecular flexibility index (Phi) is 5.30. The molecule has 0 aliphatic carbocycles. The van der Waals surface area contributed by atoms with E-state index in [1.165, 1.54) is 0 Å². The second kappa shape index (κ2) is 6.54. The molecule has 0 saturated carbocycles. The van der Waals surface area contributed by atoms with E-state index in [4.69, 9.17) is 5.11 Å². The number of carbonyl (C=O) groups is 2. The molecule has 1 aromatic heterocycles. The highest BCUT2D eigenvalue weighted by molar-refractivity contribution is 5.79. The number of aryl methyl sites for hydroxylation is 2. The molecule has 1 aromatic rings. The van der Waals surface area contributed by atoms with Crippen molar-refractivity contribution >= 4 is 11.9 Å². The van der Waals surface area contributed by atoms with Gasteiger partial charge in [-0.2, -0.15) is 5.10 Å². The Morgan fingerprint density at radius 2 is 1.90 bits per heavy atom. The van der Waals surface area contributed by atoms with Gasteiger partial charge in [-0.15, -0.1) is 0 Å². The Balaban J connectivity index is 2.60. The van der Waals surface area contributed by atoms with E-state index >= 15 is 0 Å². The van der Waals surface area contributed by atoms with E-state index in [1.807, 2.05) is 32.5 Å². The van der Waals surface area contributed by atoms with Crippen molar-refractivity contribution in [2.75, 3.05) is 6.54 Å². The van der Waals surface area contributed by atoms with Gasteiger partial charge >= 0.3 is 5.97 Å². The van der Waals surface area contributed by atoms with E-state index in [-0.39, 0.29) is 18.4 Å². The van der Waals surface area contributed by atoms with E-state index < -0.39 is 11.9 Å². The first-order valence-corrected chi connectivity index (χ1v) is 6.73. The SMILES string of the molecule is Cc1nn(C)c(C)c1C[C@H](C)C(=O)NC[C@@H](C)C(=O)O. The highest BCUT2D eigenvalue weighted by Gasteiger charge is 2.19. The van der Waals surface area contributed by atoms with E-state index in [0.29, 0.717) is 6.42 Å². The molecule has 0 fully saturated rings. The van der Waals surface area contributed by atoms with Crippen molar-refractivity contribution in [2.24, 2.45) is 18.9 Å². The van der Waals surface area contributed by atoms with Crippen LogP contribution in [0.5, 0.6) is 0 Å². The zero-order chi connectivity index (χ0) is 15.4. The molecule has 20 heavy (non-hydrogen) atoms. The van der Waals surface area contributed by atoms with E-state index in [2.05, 4.69) is 10.4 Å². The summed E-state index contributed by atoms with van der Waals surface area (Å²) in [5.74, 6) is -1.82. The third-order valence-corrected chi connectivity index (χ3v) is 3.62. The monoisotopic (exact) mass is 281 g/mol. The van der Waals surface area contributed by atoms with Crippen LogP contribution in [-0.2, 0) is 23.1 Å². The third kappa shape index (κ3) is 3.82. The molecule has 0 radical (unpaired) electrons. The van der Waals surface area contributed by atoms with Gasteiger partial charge in [-0.05, 0) is 25.8 Å². The number of nitrogens with zero attached hydrogens (tertiary/aromatic N) is 2. The molecule has 0 aliphatic heterocycles. The standard InChI is InChI=1S/C14H23N3O3/c1-8(13(18)15-7-9(2)14(19)20)6-12-10(3)16-17(5)11(12)4/h8-9H,6-7H2,1-5H3,(H,15,18)(H,19,20)/t8-,9+/m0/s1. The van der Waals surface area contributed by atoms with Gasteiger partial charge in [0.2, 0.25) is 5.91 Å². The van der Waals surface area contributed by atoms with Crippen LogP contribution >= 0.6 is 0 Å². The van der Waals surface area contributed by atoms with Crippen molar-refractivity contribution < 1.29 is 14.7 Å². The lowest BCUT2D eigenvalue weighted by Crippen LogP contribution is -2.35. The van der Waals surface area contributed by atoms with Gasteiger partial charge in [0.05, 0.1) is 11.6 Å². The Hall–Kier alpha value is -1.85. The molecule has 0 bridgehead atoms. The minimum atomic E-state index is -0.906. The van der Waals surface area contributed by atoms with Gasteiger partial charge in [0.1, 0.15) is 0 Å². The van der Waals surface area contributed by atoms with Crippen molar-refractivity contribution in [2.45, 2.75) is 34.1 Å². The van der Waals surface area contributed by atoms with E-state index in [0.717, 1.165) is 17.0 Å². The van der Waals surface area contributed by atoms with Crippen LogP contribution < -0.4 is 5.32 Å². The maximum absolute atomic E-state index is 12.0. The summed E-state index contributed by atoms with van der Waals surface area (Å²) in [6.07, 6.45) is 0.610. The molecular formula is C14H23N3O3. The van der Waals surface area contributed by atoms with E-state index in [9.17, 15) is 9.59 Å². The summed E-state index contributed by atoms with van der Waals surface area (Å²) >= 11 is 0. The second-order valence-electron chi connectivity index (χ2n) is 5.36. The molecule has 0 unspecified atom stereocenters. The molecular weight excluding hydrogens is 258 g/mol. The molecule has 1 amide bonds. The van der Waals surface area contributed by atoms with Gasteiger partial charge in [0.15, 0.2) is 0 Å². The topological polar surface area (TPSA) is 84.2 Å². The third-order valence-electron chi connectivity index (χ3n) is 3.62. The lowest BCUT2D eigenvalue weighted by atomic mass is 9.98. The highest BCUT2D eigenvalue weighted by atomic mass is 16.4. The first-order valence-electron chi connectivity index (χ1n) is 6.73. The minimum absolute atomic E-state index is 0.124. The molecule has 2 atom stereocenters. The minimum Gasteiger partial charge on any atom is -0.481 e. The number of carboxylic acids is 1. The van der Waals surface area contributed by atoms with Crippen LogP contribution in [0.1, 0.15) is 30.8 Å². The lowest BCUT2D eigenvalue weighted by Gasteiger charge is -2.14. The number of carboxylic acid groups (broad SMARTS) is 1. The number of aromatic nitrogens is 2. The van der Waals surface area contributed by atoms with Crippen LogP contribution in [0.3, 0.4) is 0 Å². The van der Waals surface area contributed by atoms with Crippen LogP contribution in [0.15, 0.2) is 0 Å². The predicted octanol–water partition coefficient (Wildman–Crippen LogP) is 1.05. The van der Waals surface area contributed by atoms with Crippen molar-refractivity contribution in [3.8, 4) is 0 Å². The first kappa shape index (κ1) is 16.2. The smallest absolute Gasteiger partial charge is 0.308 e. The van der Waals surface area contributed by atoms with Crippen LogP contribution in [0.2, 0.25) is 0 Å². The summed E-state index contributed by atoms with van der Waals surface area (Å²) < 4.78 is 1.81. The molecule has 6 heteroatoms. The van der Waals surface area contributed by atoms with Gasteiger partial charge < -0.3 is 10.4 Å². The average molecular weight is 281 g/mol. The summed E-state index contributed by atoms with van der Waals surface area (Å²) in [5.41, 5.74) is 3.08. The molecule has 0 aromatic carbocycles. The molecule has 2 N–H and O–H groups in total. The van der Waals surface area contributed by atoms with Gasteiger partial charge in [0, 0.05) is 25.2 Å². The number of nitrogens with one attached hydrogen (secondary N) is 1. The number of aliphatic carboxylic acids is 1. The van der Waals surface area contributed by atoms with Gasteiger partial charge in [-0.25, -0.2) is 0 Å². The lowest BCUT2D eigenvalue weighted by molar-refractivity contribution is -0.141. The second-order valence-corrected chi connectivity index (χ2v) is 5.36. The fraction of sp³-hybridized carbons (Fsp3) is 0.643. The van der Waals surface area contributed by atoms with Crippen LogP contribution in [0, 0.1) is 25.7 Å². The Labute approximate surface area is 119 Å².